The van der Waals surface area contributed by atoms with Gasteiger partial charge in [0.1, 0.15) is 10.5 Å². The van der Waals surface area contributed by atoms with E-state index in [1.54, 1.807) is 6.07 Å². The van der Waals surface area contributed by atoms with Crippen LogP contribution in [0.3, 0.4) is 0 Å². The molecule has 0 radical (unpaired) electrons. The second-order valence-electron chi connectivity index (χ2n) is 2.96. The van der Waals surface area contributed by atoms with Crippen LogP contribution in [0.25, 0.3) is 10.2 Å². The molecule has 0 saturated heterocycles. The quantitative estimate of drug-likeness (QED) is 0.823. The van der Waals surface area contributed by atoms with Crippen LogP contribution in [0.5, 0.6) is 0 Å². The summed E-state index contributed by atoms with van der Waals surface area (Å²) in [5.41, 5.74) is 1.19. The Morgan fingerprint density at radius 2 is 2.43 bits per heavy atom. The second kappa shape index (κ2) is 3.38. The number of hydrogen-bond donors (Lipinski definition) is 1. The molecule has 0 aliphatic carbocycles. The molecule has 0 aliphatic heterocycles. The molecule has 14 heavy (non-hydrogen) atoms. The number of thiophene rings is 1. The summed E-state index contributed by atoms with van der Waals surface area (Å²) in [6, 6.07) is 3.63. The highest BCUT2D eigenvalue weighted by Crippen LogP contribution is 2.23. The van der Waals surface area contributed by atoms with Gasteiger partial charge in [-0.1, -0.05) is 6.92 Å². The van der Waals surface area contributed by atoms with Crippen LogP contribution in [0.2, 0.25) is 0 Å². The Morgan fingerprint density at radius 3 is 3.07 bits per heavy atom. The molecular formula is C10H9NO2S. The Balaban J connectivity index is 2.73. The Hall–Kier alpha value is -1.42. The van der Waals surface area contributed by atoms with E-state index >= 15 is 0 Å². The minimum absolute atomic E-state index is 0.136. The molecule has 0 aliphatic rings. The third-order valence-electron chi connectivity index (χ3n) is 2.12. The lowest BCUT2D eigenvalue weighted by molar-refractivity contribution is 0.0691. The zero-order chi connectivity index (χ0) is 10.1. The Kier molecular flexibility index (Phi) is 2.21. The van der Waals surface area contributed by atoms with Gasteiger partial charge in [0.2, 0.25) is 0 Å². The third-order valence-corrected chi connectivity index (χ3v) is 2.93. The minimum atomic E-state index is -0.963. The van der Waals surface area contributed by atoms with Crippen LogP contribution in [0, 0.1) is 0 Å². The van der Waals surface area contributed by atoms with Gasteiger partial charge < -0.3 is 5.11 Å². The fourth-order valence-electron chi connectivity index (χ4n) is 1.42. The lowest BCUT2D eigenvalue weighted by atomic mass is 10.1. The summed E-state index contributed by atoms with van der Waals surface area (Å²) >= 11 is 1.47. The van der Waals surface area contributed by atoms with Crippen molar-refractivity contribution in [1.29, 1.82) is 0 Å². The summed E-state index contributed by atoms with van der Waals surface area (Å²) in [6.45, 7) is 2.01. The maximum Gasteiger partial charge on any atom is 0.354 e. The molecule has 4 heteroatoms. The van der Waals surface area contributed by atoms with Crippen LogP contribution in [0.1, 0.15) is 23.0 Å². The van der Waals surface area contributed by atoms with E-state index in [0.29, 0.717) is 0 Å². The van der Waals surface area contributed by atoms with E-state index in [1.165, 1.54) is 11.3 Å². The number of hydrogen-bond acceptors (Lipinski definition) is 3. The molecule has 1 N–H and O–H groups in total. The maximum atomic E-state index is 10.8. The van der Waals surface area contributed by atoms with Crippen molar-refractivity contribution in [3.05, 3.63) is 28.8 Å². The van der Waals surface area contributed by atoms with E-state index in [4.69, 9.17) is 5.11 Å². The summed E-state index contributed by atoms with van der Waals surface area (Å²) < 4.78 is 0. The van der Waals surface area contributed by atoms with E-state index in [9.17, 15) is 4.79 Å². The third kappa shape index (κ3) is 1.37. The van der Waals surface area contributed by atoms with Gasteiger partial charge in [-0.3, -0.25) is 0 Å². The Bertz CT molecular complexity index is 490. The van der Waals surface area contributed by atoms with Gasteiger partial charge in [0.25, 0.3) is 0 Å². The predicted molar refractivity (Wildman–Crippen MR) is 56.0 cm³/mol. The van der Waals surface area contributed by atoms with Gasteiger partial charge in [0, 0.05) is 5.39 Å². The minimum Gasteiger partial charge on any atom is -0.477 e. The number of carbonyl (C=O) groups is 1. The highest BCUT2D eigenvalue weighted by Gasteiger charge is 2.10. The number of nitrogens with zero attached hydrogens (tertiary/aromatic N) is 1. The van der Waals surface area contributed by atoms with Crippen molar-refractivity contribution in [2.75, 3.05) is 0 Å². The summed E-state index contributed by atoms with van der Waals surface area (Å²) in [7, 11) is 0. The SMILES string of the molecule is CCc1cc(C(=O)O)nc2sccc12. The topological polar surface area (TPSA) is 50.2 Å². The second-order valence-corrected chi connectivity index (χ2v) is 3.86. The van der Waals surface area contributed by atoms with Crippen molar-refractivity contribution >= 4 is 27.5 Å². The Labute approximate surface area is 85.0 Å². The molecule has 0 amide bonds. The highest BCUT2D eigenvalue weighted by atomic mass is 32.1. The zero-order valence-electron chi connectivity index (χ0n) is 7.65. The molecule has 2 rings (SSSR count). The van der Waals surface area contributed by atoms with Gasteiger partial charge in [0.15, 0.2) is 0 Å². The molecule has 0 fully saturated rings. The number of fused-ring (bicyclic) bond motifs is 1. The summed E-state index contributed by atoms with van der Waals surface area (Å²) in [4.78, 5) is 15.6. The van der Waals surface area contributed by atoms with Gasteiger partial charge in [-0.05, 0) is 29.5 Å². The first kappa shape index (κ1) is 9.15. The number of carboxylic acids is 1. The van der Waals surface area contributed by atoms with E-state index in [0.717, 1.165) is 22.2 Å². The fraction of sp³-hybridized carbons (Fsp3) is 0.200. The molecule has 2 heterocycles. The summed E-state index contributed by atoms with van der Waals surface area (Å²) in [5, 5.41) is 11.8. The van der Waals surface area contributed by atoms with Gasteiger partial charge in [-0.25, -0.2) is 9.78 Å². The number of aromatic nitrogens is 1. The average Bonchev–Trinajstić information content (AvgIpc) is 2.63. The lowest BCUT2D eigenvalue weighted by Gasteiger charge is -2.00. The number of carboxylic acid groups (broad SMARTS) is 1. The van der Waals surface area contributed by atoms with E-state index in [2.05, 4.69) is 4.98 Å². The van der Waals surface area contributed by atoms with Crippen LogP contribution in [0.4, 0.5) is 0 Å². The molecular weight excluding hydrogens is 198 g/mol. The molecule has 0 atom stereocenters. The van der Waals surface area contributed by atoms with Crippen LogP contribution >= 0.6 is 11.3 Å². The summed E-state index contributed by atoms with van der Waals surface area (Å²) in [5.74, 6) is -0.963. The molecule has 0 unspecified atom stereocenters. The summed E-state index contributed by atoms with van der Waals surface area (Å²) in [6.07, 6.45) is 0.829. The smallest absolute Gasteiger partial charge is 0.354 e. The number of rotatable bonds is 2. The molecule has 0 aromatic carbocycles. The predicted octanol–water partition coefficient (Wildman–Crippen LogP) is 2.56. The van der Waals surface area contributed by atoms with E-state index in [-0.39, 0.29) is 5.69 Å². The molecule has 2 aromatic heterocycles. The van der Waals surface area contributed by atoms with E-state index < -0.39 is 5.97 Å². The first-order valence-electron chi connectivity index (χ1n) is 4.32. The van der Waals surface area contributed by atoms with Crippen LogP contribution in [-0.2, 0) is 6.42 Å². The molecule has 0 saturated carbocycles. The van der Waals surface area contributed by atoms with Crippen molar-refractivity contribution in [2.45, 2.75) is 13.3 Å². The molecule has 0 bridgehead atoms. The fourth-order valence-corrected chi connectivity index (χ4v) is 2.23. The highest BCUT2D eigenvalue weighted by molar-refractivity contribution is 7.16. The van der Waals surface area contributed by atoms with E-state index in [1.807, 2.05) is 18.4 Å². The first-order chi connectivity index (χ1) is 6.72. The van der Waals surface area contributed by atoms with Crippen molar-refractivity contribution < 1.29 is 9.90 Å². The Morgan fingerprint density at radius 1 is 1.64 bits per heavy atom. The number of aromatic carboxylic acids is 1. The van der Waals surface area contributed by atoms with Crippen molar-refractivity contribution in [1.82, 2.24) is 4.98 Å². The molecule has 0 spiro atoms. The van der Waals surface area contributed by atoms with Crippen LogP contribution < -0.4 is 0 Å². The van der Waals surface area contributed by atoms with Crippen molar-refractivity contribution in [3.63, 3.8) is 0 Å². The van der Waals surface area contributed by atoms with Gasteiger partial charge in [-0.2, -0.15) is 0 Å². The largest absolute Gasteiger partial charge is 0.477 e. The standard InChI is InChI=1S/C10H9NO2S/c1-2-6-5-8(10(12)13)11-9-7(6)3-4-14-9/h3-5H,2H2,1H3,(H,12,13). The van der Waals surface area contributed by atoms with Crippen LogP contribution in [-0.4, -0.2) is 16.1 Å². The monoisotopic (exact) mass is 207 g/mol. The average molecular weight is 207 g/mol. The number of pyridine rings is 1. The van der Waals surface area contributed by atoms with Crippen molar-refractivity contribution in [3.8, 4) is 0 Å². The van der Waals surface area contributed by atoms with Gasteiger partial charge in [0.05, 0.1) is 0 Å². The molecule has 3 nitrogen and oxygen atoms in total. The zero-order valence-corrected chi connectivity index (χ0v) is 8.47. The van der Waals surface area contributed by atoms with Crippen LogP contribution in [0.15, 0.2) is 17.5 Å². The normalized spacial score (nSPS) is 10.6. The van der Waals surface area contributed by atoms with Gasteiger partial charge in [-0.15, -0.1) is 11.3 Å². The molecule has 2 aromatic rings. The van der Waals surface area contributed by atoms with Crippen molar-refractivity contribution in [2.24, 2.45) is 0 Å². The lowest BCUT2D eigenvalue weighted by Crippen LogP contribution is -2.01. The number of aryl methyl sites for hydroxylation is 1. The maximum absolute atomic E-state index is 10.8. The molecule has 72 valence electrons. The van der Waals surface area contributed by atoms with Gasteiger partial charge >= 0.3 is 5.97 Å². The first-order valence-corrected chi connectivity index (χ1v) is 5.20.